The molecule has 4 atom stereocenters. The molecule has 0 aromatic heterocycles. The topological polar surface area (TPSA) is 109 Å². The van der Waals surface area contributed by atoms with Gasteiger partial charge in [-0.2, -0.15) is 0 Å². The number of ether oxygens (including phenoxy) is 3. The van der Waals surface area contributed by atoms with E-state index in [0.717, 1.165) is 46.5 Å². The third-order valence-electron chi connectivity index (χ3n) is 9.65. The van der Waals surface area contributed by atoms with E-state index in [-0.39, 0.29) is 37.9 Å². The number of aliphatic hydroxyl groups is 1. The van der Waals surface area contributed by atoms with E-state index in [2.05, 4.69) is 95.3 Å². The van der Waals surface area contributed by atoms with Crippen LogP contribution in [0.5, 0.6) is 0 Å². The Bertz CT molecular complexity index is 1880. The molecule has 3 N–H and O–H groups in total. The highest BCUT2D eigenvalue weighted by Gasteiger charge is 2.39. The molecule has 1 aliphatic rings. The number of benzene rings is 5. The number of carbonyl (C=O) groups excluding carboxylic acids is 2. The van der Waals surface area contributed by atoms with Gasteiger partial charge in [0.1, 0.15) is 6.54 Å². The number of hydrogen-bond donors (Lipinski definition) is 3. The molecule has 2 amide bonds. The van der Waals surface area contributed by atoms with Crippen LogP contribution < -0.4 is 10.6 Å². The lowest BCUT2D eigenvalue weighted by Gasteiger charge is -2.43. The Morgan fingerprint density at radius 3 is 1.96 bits per heavy atom. The Kier molecular flexibility index (Phi) is 13.6. The molecule has 1 saturated heterocycles. The summed E-state index contributed by atoms with van der Waals surface area (Å²) in [6.07, 6.45) is -0.964. The standard InChI is InChI=1S/C45H49N3O6/c1-3-52-42(50)27-47-45(51)46-26-36-15-10-16-40(25-36)37-21-23-39(24-22-37)44-53-41(32(2)43(54-44)38-19-17-35(31-49)18-20-38)30-48(28-33-11-6-4-7-12-33)29-34-13-8-5-9-14-34/h4-25,32,41,43-44,49H,3,26-31H2,1-2H3,(H2,46,47,51)/t32-,41+,43+,44+/m0/s1. The van der Waals surface area contributed by atoms with Gasteiger partial charge in [0.25, 0.3) is 0 Å². The fourth-order valence-electron chi connectivity index (χ4n) is 6.75. The van der Waals surface area contributed by atoms with Crippen LogP contribution >= 0.6 is 0 Å². The smallest absolute Gasteiger partial charge is 0.325 e. The van der Waals surface area contributed by atoms with Gasteiger partial charge in [0, 0.05) is 37.7 Å². The first kappa shape index (κ1) is 38.4. The van der Waals surface area contributed by atoms with E-state index in [1.54, 1.807) is 6.92 Å². The molecule has 0 radical (unpaired) electrons. The Balaban J connectivity index is 1.20. The highest BCUT2D eigenvalue weighted by molar-refractivity contribution is 5.80. The van der Waals surface area contributed by atoms with Crippen molar-refractivity contribution in [3.05, 3.63) is 167 Å². The van der Waals surface area contributed by atoms with Gasteiger partial charge in [-0.15, -0.1) is 0 Å². The van der Waals surface area contributed by atoms with Crippen LogP contribution in [-0.4, -0.2) is 47.8 Å². The van der Waals surface area contributed by atoms with Gasteiger partial charge >= 0.3 is 12.0 Å². The number of hydrogen-bond acceptors (Lipinski definition) is 7. The van der Waals surface area contributed by atoms with Gasteiger partial charge in [0.05, 0.1) is 25.4 Å². The van der Waals surface area contributed by atoms with Crippen molar-refractivity contribution in [1.29, 1.82) is 0 Å². The fraction of sp³-hybridized carbons (Fsp3) is 0.289. The minimum atomic E-state index is -0.596. The summed E-state index contributed by atoms with van der Waals surface area (Å²) in [4.78, 5) is 26.2. The average Bonchev–Trinajstić information content (AvgIpc) is 3.21. The second kappa shape index (κ2) is 19.1. The zero-order chi connectivity index (χ0) is 37.7. The van der Waals surface area contributed by atoms with Gasteiger partial charge in [0.15, 0.2) is 6.29 Å². The molecule has 0 bridgehead atoms. The van der Waals surface area contributed by atoms with Crippen LogP contribution in [0.2, 0.25) is 0 Å². The molecule has 5 aromatic rings. The van der Waals surface area contributed by atoms with Crippen molar-refractivity contribution in [3.63, 3.8) is 0 Å². The van der Waals surface area contributed by atoms with Crippen LogP contribution in [-0.2, 0) is 45.2 Å². The molecule has 9 nitrogen and oxygen atoms in total. The van der Waals surface area contributed by atoms with Crippen LogP contribution in [0.15, 0.2) is 133 Å². The first-order valence-electron chi connectivity index (χ1n) is 18.6. The molecule has 0 spiro atoms. The highest BCUT2D eigenvalue weighted by atomic mass is 16.7. The summed E-state index contributed by atoms with van der Waals surface area (Å²) in [6, 6.07) is 44.9. The first-order chi connectivity index (χ1) is 26.4. The maximum atomic E-state index is 12.2. The number of carbonyl (C=O) groups is 2. The number of urea groups is 1. The zero-order valence-electron chi connectivity index (χ0n) is 30.9. The van der Waals surface area contributed by atoms with E-state index in [9.17, 15) is 14.7 Å². The summed E-state index contributed by atoms with van der Waals surface area (Å²) in [5.41, 5.74) is 8.25. The maximum Gasteiger partial charge on any atom is 0.325 e. The SMILES string of the molecule is CCOC(=O)CNC(=O)NCc1cccc(-c2ccc([C@@H]3O[C@H](CN(Cc4ccccc4)Cc4ccccc4)[C@H](C)[C@H](c4ccc(CO)cc4)O3)cc2)c1. The van der Waals surface area contributed by atoms with E-state index in [1.807, 2.05) is 60.7 Å². The summed E-state index contributed by atoms with van der Waals surface area (Å²) in [5.74, 6) is -0.439. The number of rotatable bonds is 15. The number of nitrogens with one attached hydrogen (secondary N) is 2. The molecule has 280 valence electrons. The van der Waals surface area contributed by atoms with Gasteiger partial charge in [-0.1, -0.05) is 134 Å². The second-order valence-corrected chi connectivity index (χ2v) is 13.6. The van der Waals surface area contributed by atoms with E-state index in [1.165, 1.54) is 11.1 Å². The van der Waals surface area contributed by atoms with Crippen molar-refractivity contribution in [2.24, 2.45) is 5.92 Å². The van der Waals surface area contributed by atoms with Crippen LogP contribution in [0.25, 0.3) is 11.1 Å². The number of nitrogens with zero attached hydrogens (tertiary/aromatic N) is 1. The number of esters is 1. The van der Waals surface area contributed by atoms with Crippen molar-refractivity contribution < 1.29 is 28.9 Å². The summed E-state index contributed by atoms with van der Waals surface area (Å²) >= 11 is 0. The minimum Gasteiger partial charge on any atom is -0.465 e. The number of amides is 2. The summed E-state index contributed by atoms with van der Waals surface area (Å²) in [6.45, 7) is 6.56. The number of aliphatic hydroxyl groups excluding tert-OH is 1. The second-order valence-electron chi connectivity index (χ2n) is 13.6. The Morgan fingerprint density at radius 2 is 1.33 bits per heavy atom. The monoisotopic (exact) mass is 727 g/mol. The van der Waals surface area contributed by atoms with E-state index in [4.69, 9.17) is 14.2 Å². The van der Waals surface area contributed by atoms with Crippen LogP contribution in [0.3, 0.4) is 0 Å². The molecule has 6 rings (SSSR count). The van der Waals surface area contributed by atoms with E-state index < -0.39 is 18.3 Å². The lowest BCUT2D eigenvalue weighted by atomic mass is 9.89. The molecule has 0 unspecified atom stereocenters. The van der Waals surface area contributed by atoms with Crippen LogP contribution in [0.4, 0.5) is 4.79 Å². The molecule has 5 aromatic carbocycles. The van der Waals surface area contributed by atoms with E-state index in [0.29, 0.717) is 13.1 Å². The van der Waals surface area contributed by atoms with E-state index >= 15 is 0 Å². The summed E-state index contributed by atoms with van der Waals surface area (Å²) < 4.78 is 18.5. The first-order valence-corrected chi connectivity index (χ1v) is 18.6. The molecular weight excluding hydrogens is 679 g/mol. The van der Waals surface area contributed by atoms with Crippen LogP contribution in [0, 0.1) is 5.92 Å². The predicted octanol–water partition coefficient (Wildman–Crippen LogP) is 7.70. The summed E-state index contributed by atoms with van der Waals surface area (Å²) in [5, 5.41) is 15.0. The van der Waals surface area contributed by atoms with Gasteiger partial charge in [-0.25, -0.2) is 4.79 Å². The fourth-order valence-corrected chi connectivity index (χ4v) is 6.75. The minimum absolute atomic E-state index is 0.0120. The largest absolute Gasteiger partial charge is 0.465 e. The quantitative estimate of drug-likeness (QED) is 0.0949. The molecule has 1 heterocycles. The van der Waals surface area contributed by atoms with Gasteiger partial charge < -0.3 is 30.0 Å². The average molecular weight is 728 g/mol. The predicted molar refractivity (Wildman–Crippen MR) is 209 cm³/mol. The van der Waals surface area contributed by atoms with Crippen molar-refractivity contribution in [2.75, 3.05) is 19.7 Å². The molecule has 0 saturated carbocycles. The molecule has 1 fully saturated rings. The Labute approximate surface area is 317 Å². The Morgan fingerprint density at radius 1 is 0.704 bits per heavy atom. The highest BCUT2D eigenvalue weighted by Crippen LogP contribution is 2.42. The molecular formula is C45H49N3O6. The zero-order valence-corrected chi connectivity index (χ0v) is 30.9. The third-order valence-corrected chi connectivity index (χ3v) is 9.65. The normalized spacial score (nSPS) is 18.2. The molecule has 54 heavy (non-hydrogen) atoms. The molecule has 9 heteroatoms. The summed E-state index contributed by atoms with van der Waals surface area (Å²) in [7, 11) is 0. The third kappa shape index (κ3) is 10.6. The van der Waals surface area contributed by atoms with Crippen molar-refractivity contribution >= 4 is 12.0 Å². The van der Waals surface area contributed by atoms with Crippen molar-refractivity contribution in [3.8, 4) is 11.1 Å². The van der Waals surface area contributed by atoms with Gasteiger partial charge in [-0.3, -0.25) is 9.69 Å². The maximum absolute atomic E-state index is 12.2. The van der Waals surface area contributed by atoms with Gasteiger partial charge in [-0.05, 0) is 51.9 Å². The molecule has 1 aliphatic heterocycles. The van der Waals surface area contributed by atoms with Gasteiger partial charge in [0.2, 0.25) is 0 Å². The van der Waals surface area contributed by atoms with Crippen molar-refractivity contribution in [2.45, 2.75) is 58.6 Å². The van der Waals surface area contributed by atoms with Crippen LogP contribution in [0.1, 0.15) is 59.6 Å². The van der Waals surface area contributed by atoms with Crippen molar-refractivity contribution in [1.82, 2.24) is 15.5 Å². The lowest BCUT2D eigenvalue weighted by Crippen LogP contribution is -2.44. The lowest BCUT2D eigenvalue weighted by molar-refractivity contribution is -0.276. The molecule has 0 aliphatic carbocycles. The Hall–Kier alpha value is -5.32.